The average Bonchev–Trinajstić information content (AvgIpc) is 2.44. The molecule has 0 fully saturated rings. The van der Waals surface area contributed by atoms with Crippen molar-refractivity contribution in [3.63, 3.8) is 0 Å². The van der Waals surface area contributed by atoms with E-state index >= 15 is 0 Å². The number of aryl methyl sites for hydroxylation is 1. The summed E-state index contributed by atoms with van der Waals surface area (Å²) in [5.41, 5.74) is 2.03. The number of pyridine rings is 1. The molecule has 68 valence electrons. The molecule has 2 aromatic heterocycles. The fourth-order valence-corrected chi connectivity index (χ4v) is 1.97. The van der Waals surface area contributed by atoms with E-state index in [1.165, 1.54) is 0 Å². The topological polar surface area (TPSA) is 37.8 Å². The largest absolute Gasteiger partial charge is 0.384 e. The zero-order chi connectivity index (χ0) is 9.26. The van der Waals surface area contributed by atoms with E-state index in [4.69, 9.17) is 0 Å². The molecule has 0 radical (unpaired) electrons. The van der Waals surface area contributed by atoms with Crippen molar-refractivity contribution in [3.05, 3.63) is 17.3 Å². The number of rotatable bonds is 2. The van der Waals surface area contributed by atoms with Gasteiger partial charge in [-0.1, -0.05) is 11.3 Å². The van der Waals surface area contributed by atoms with Gasteiger partial charge in [-0.25, -0.2) is 9.97 Å². The Hall–Kier alpha value is -1.16. The fraction of sp³-hybridized carbons (Fsp3) is 0.333. The highest BCUT2D eigenvalue weighted by Gasteiger charge is 2.01. The molecule has 0 saturated heterocycles. The zero-order valence-corrected chi connectivity index (χ0v) is 8.48. The molecule has 0 amide bonds. The monoisotopic (exact) mass is 193 g/mol. The average molecular weight is 193 g/mol. The van der Waals surface area contributed by atoms with Crippen LogP contribution in [0.1, 0.15) is 11.9 Å². The summed E-state index contributed by atoms with van der Waals surface area (Å²) >= 11 is 1.63. The molecule has 0 saturated carbocycles. The maximum absolute atomic E-state index is 4.37. The Bertz CT molecular complexity index is 422. The zero-order valence-electron chi connectivity index (χ0n) is 7.66. The van der Waals surface area contributed by atoms with Gasteiger partial charge >= 0.3 is 0 Å². The lowest BCUT2D eigenvalue weighted by molar-refractivity contribution is 1.20. The lowest BCUT2D eigenvalue weighted by atomic mass is 10.4. The first kappa shape index (κ1) is 8.44. The normalized spacial score (nSPS) is 10.6. The quantitative estimate of drug-likeness (QED) is 0.796. The fourth-order valence-electron chi connectivity index (χ4n) is 1.23. The molecule has 13 heavy (non-hydrogen) atoms. The van der Waals surface area contributed by atoms with Crippen molar-refractivity contribution in [1.82, 2.24) is 9.97 Å². The van der Waals surface area contributed by atoms with Gasteiger partial charge in [0, 0.05) is 6.54 Å². The predicted molar refractivity (Wildman–Crippen MR) is 56.3 cm³/mol. The van der Waals surface area contributed by atoms with E-state index in [9.17, 15) is 0 Å². The first-order chi connectivity index (χ1) is 6.29. The van der Waals surface area contributed by atoms with Gasteiger partial charge < -0.3 is 5.32 Å². The van der Waals surface area contributed by atoms with E-state index in [1.54, 1.807) is 11.3 Å². The van der Waals surface area contributed by atoms with Crippen molar-refractivity contribution in [2.24, 2.45) is 0 Å². The third kappa shape index (κ3) is 1.62. The molecule has 0 aliphatic rings. The van der Waals surface area contributed by atoms with Crippen LogP contribution in [0.2, 0.25) is 0 Å². The summed E-state index contributed by atoms with van der Waals surface area (Å²) < 4.78 is 0. The Morgan fingerprint density at radius 2 is 2.38 bits per heavy atom. The van der Waals surface area contributed by atoms with E-state index in [0.717, 1.165) is 27.6 Å². The van der Waals surface area contributed by atoms with Gasteiger partial charge in [-0.2, -0.15) is 0 Å². The molecule has 0 aliphatic heterocycles. The third-order valence-corrected chi connectivity index (χ3v) is 2.63. The maximum Gasteiger partial charge on any atom is 0.143 e. The van der Waals surface area contributed by atoms with Crippen LogP contribution in [0, 0.1) is 6.92 Å². The molecular formula is C9H11N3S. The van der Waals surface area contributed by atoms with Crippen LogP contribution in [0.5, 0.6) is 0 Å². The number of nitrogens with zero attached hydrogens (tertiary/aromatic N) is 2. The molecule has 0 spiro atoms. The minimum Gasteiger partial charge on any atom is -0.384 e. The van der Waals surface area contributed by atoms with E-state index < -0.39 is 0 Å². The first-order valence-corrected chi connectivity index (χ1v) is 5.08. The van der Waals surface area contributed by atoms with Gasteiger partial charge in [0.2, 0.25) is 0 Å². The second-order valence-corrected chi connectivity index (χ2v) is 3.99. The van der Waals surface area contributed by atoms with Gasteiger partial charge in [-0.05, 0) is 19.9 Å². The number of aromatic nitrogens is 2. The molecule has 1 N–H and O–H groups in total. The first-order valence-electron chi connectivity index (χ1n) is 4.26. The van der Waals surface area contributed by atoms with Crippen molar-refractivity contribution in [2.45, 2.75) is 13.8 Å². The molecule has 2 rings (SSSR count). The maximum atomic E-state index is 4.37. The van der Waals surface area contributed by atoms with Crippen LogP contribution in [0.15, 0.2) is 12.3 Å². The Kier molecular flexibility index (Phi) is 2.14. The van der Waals surface area contributed by atoms with E-state index in [2.05, 4.69) is 22.2 Å². The van der Waals surface area contributed by atoms with Crippen LogP contribution in [0.4, 0.5) is 5.69 Å². The second kappa shape index (κ2) is 3.30. The number of nitrogens with one attached hydrogen (secondary N) is 1. The highest BCUT2D eigenvalue weighted by molar-refractivity contribution is 7.18. The van der Waals surface area contributed by atoms with Crippen molar-refractivity contribution in [2.75, 3.05) is 11.9 Å². The summed E-state index contributed by atoms with van der Waals surface area (Å²) in [6, 6.07) is 2.04. The molecule has 0 unspecified atom stereocenters. The molecule has 0 bridgehead atoms. The van der Waals surface area contributed by atoms with Gasteiger partial charge in [0.1, 0.15) is 10.3 Å². The van der Waals surface area contributed by atoms with E-state index in [0.29, 0.717) is 0 Å². The van der Waals surface area contributed by atoms with Gasteiger partial charge in [-0.3, -0.25) is 0 Å². The lowest BCUT2D eigenvalue weighted by Gasteiger charge is -2.00. The summed E-state index contributed by atoms with van der Waals surface area (Å²) in [4.78, 5) is 9.70. The number of thiazole rings is 1. The highest BCUT2D eigenvalue weighted by atomic mass is 32.1. The summed E-state index contributed by atoms with van der Waals surface area (Å²) in [5, 5.41) is 4.28. The summed E-state index contributed by atoms with van der Waals surface area (Å²) in [5.74, 6) is 0. The van der Waals surface area contributed by atoms with Crippen molar-refractivity contribution < 1.29 is 0 Å². The Morgan fingerprint density at radius 1 is 1.54 bits per heavy atom. The number of anilines is 1. The van der Waals surface area contributed by atoms with E-state index in [1.807, 2.05) is 19.2 Å². The van der Waals surface area contributed by atoms with Gasteiger partial charge in [0.15, 0.2) is 0 Å². The van der Waals surface area contributed by atoms with Gasteiger partial charge in [0.25, 0.3) is 0 Å². The number of hydrogen-bond acceptors (Lipinski definition) is 4. The number of hydrogen-bond donors (Lipinski definition) is 1. The van der Waals surface area contributed by atoms with Gasteiger partial charge in [0.05, 0.1) is 16.9 Å². The lowest BCUT2D eigenvalue weighted by Crippen LogP contribution is -1.96. The summed E-state index contributed by atoms with van der Waals surface area (Å²) in [6.45, 7) is 4.98. The van der Waals surface area contributed by atoms with E-state index in [-0.39, 0.29) is 0 Å². The third-order valence-electron chi connectivity index (χ3n) is 1.74. The second-order valence-electron chi connectivity index (χ2n) is 2.81. The summed E-state index contributed by atoms with van der Waals surface area (Å²) in [7, 11) is 0. The Labute approximate surface area is 80.8 Å². The molecule has 4 heteroatoms. The molecule has 2 heterocycles. The molecule has 2 aromatic rings. The van der Waals surface area contributed by atoms with Crippen LogP contribution in [0.3, 0.4) is 0 Å². The minimum absolute atomic E-state index is 0.913. The number of fused-ring (bicyclic) bond motifs is 1. The summed E-state index contributed by atoms with van der Waals surface area (Å²) in [6.07, 6.45) is 1.85. The molecule has 0 aliphatic carbocycles. The Morgan fingerprint density at radius 3 is 3.15 bits per heavy atom. The molecule has 0 atom stereocenters. The van der Waals surface area contributed by atoms with Crippen LogP contribution < -0.4 is 5.32 Å². The predicted octanol–water partition coefficient (Wildman–Crippen LogP) is 2.43. The van der Waals surface area contributed by atoms with Crippen LogP contribution in [-0.2, 0) is 0 Å². The smallest absolute Gasteiger partial charge is 0.143 e. The van der Waals surface area contributed by atoms with Crippen molar-refractivity contribution in [1.29, 1.82) is 0 Å². The molecule has 0 aromatic carbocycles. The SMILES string of the molecule is CCNc1cnc2sc(C)nc2c1. The van der Waals surface area contributed by atoms with Gasteiger partial charge in [-0.15, -0.1) is 0 Å². The van der Waals surface area contributed by atoms with Crippen molar-refractivity contribution >= 4 is 27.4 Å². The highest BCUT2D eigenvalue weighted by Crippen LogP contribution is 2.21. The molecule has 3 nitrogen and oxygen atoms in total. The Balaban J connectivity index is 2.48. The minimum atomic E-state index is 0.913. The van der Waals surface area contributed by atoms with Crippen LogP contribution in [0.25, 0.3) is 10.3 Å². The van der Waals surface area contributed by atoms with Crippen LogP contribution in [-0.4, -0.2) is 16.5 Å². The molecular weight excluding hydrogens is 182 g/mol. The van der Waals surface area contributed by atoms with Crippen molar-refractivity contribution in [3.8, 4) is 0 Å². The standard InChI is InChI=1S/C9H11N3S/c1-3-10-7-4-8-9(11-5-7)13-6(2)12-8/h4-5,10H,3H2,1-2H3. The van der Waals surface area contributed by atoms with Crippen LogP contribution >= 0.6 is 11.3 Å².